The van der Waals surface area contributed by atoms with Gasteiger partial charge in [0, 0.05) is 5.69 Å². The number of halogens is 1. The molecule has 2 N–H and O–H groups in total. The van der Waals surface area contributed by atoms with E-state index < -0.39 is 11.1 Å². The molecule has 0 aromatic heterocycles. The van der Waals surface area contributed by atoms with Gasteiger partial charge in [0.25, 0.3) is 17.1 Å². The minimum atomic E-state index is -0.438. The first kappa shape index (κ1) is 22.9. The summed E-state index contributed by atoms with van der Waals surface area (Å²) in [5.74, 6) is 0.0506. The number of hydrogen-bond donors (Lipinski definition) is 2. The van der Waals surface area contributed by atoms with E-state index in [0.29, 0.717) is 33.0 Å². The molecule has 7 nitrogen and oxygen atoms in total. The summed E-state index contributed by atoms with van der Waals surface area (Å²) in [6.45, 7) is 5.92. The van der Waals surface area contributed by atoms with Gasteiger partial charge >= 0.3 is 0 Å². The topological polar surface area (TPSA) is 93.7 Å². The SMILES string of the molecule is CCOc1cc(/C=C2\SC(=O)NC2=O)cc(Br)c1OCC(=O)Nc1ccc(C)cc1C. The van der Waals surface area contributed by atoms with Gasteiger partial charge in [-0.3, -0.25) is 19.7 Å². The van der Waals surface area contributed by atoms with Crippen LogP contribution < -0.4 is 20.1 Å². The van der Waals surface area contributed by atoms with Gasteiger partial charge in [-0.05, 0) is 83.9 Å². The van der Waals surface area contributed by atoms with Crippen molar-refractivity contribution in [1.29, 1.82) is 0 Å². The normalized spacial score (nSPS) is 14.5. The monoisotopic (exact) mass is 504 g/mol. The first-order valence-corrected chi connectivity index (χ1v) is 11.1. The van der Waals surface area contributed by atoms with E-state index in [2.05, 4.69) is 26.6 Å². The molecule has 0 bridgehead atoms. The van der Waals surface area contributed by atoms with E-state index in [1.807, 2.05) is 39.0 Å². The van der Waals surface area contributed by atoms with Crippen LogP contribution in [-0.2, 0) is 9.59 Å². The van der Waals surface area contributed by atoms with Gasteiger partial charge in [-0.2, -0.15) is 0 Å². The van der Waals surface area contributed by atoms with Crippen LogP contribution in [0.5, 0.6) is 11.5 Å². The molecule has 2 aromatic rings. The fraction of sp³-hybridized carbons (Fsp3) is 0.227. The number of imide groups is 1. The van der Waals surface area contributed by atoms with Crippen LogP contribution in [0.3, 0.4) is 0 Å². The van der Waals surface area contributed by atoms with Crippen LogP contribution in [0.1, 0.15) is 23.6 Å². The Bertz CT molecular complexity index is 1080. The van der Waals surface area contributed by atoms with Crippen LogP contribution >= 0.6 is 27.7 Å². The summed E-state index contributed by atoms with van der Waals surface area (Å²) in [6.07, 6.45) is 1.59. The lowest BCUT2D eigenvalue weighted by atomic mass is 10.1. The van der Waals surface area contributed by atoms with Crippen molar-refractivity contribution in [2.24, 2.45) is 0 Å². The second-order valence-corrected chi connectivity index (χ2v) is 8.64. The molecular weight excluding hydrogens is 484 g/mol. The van der Waals surface area contributed by atoms with Crippen molar-refractivity contribution in [3.8, 4) is 11.5 Å². The summed E-state index contributed by atoms with van der Waals surface area (Å²) in [4.78, 5) is 35.8. The molecule has 2 aromatic carbocycles. The zero-order valence-corrected chi connectivity index (χ0v) is 19.6. The highest BCUT2D eigenvalue weighted by Gasteiger charge is 2.25. The molecule has 0 radical (unpaired) electrons. The minimum Gasteiger partial charge on any atom is -0.490 e. The maximum atomic E-state index is 12.4. The number of carbonyl (C=O) groups is 3. The number of ether oxygens (including phenoxy) is 2. The number of aryl methyl sites for hydroxylation is 2. The molecular formula is C22H21BrN2O5S. The summed E-state index contributed by atoms with van der Waals surface area (Å²) in [5.41, 5.74) is 3.46. The number of thioether (sulfide) groups is 1. The number of amides is 3. The predicted molar refractivity (Wildman–Crippen MR) is 124 cm³/mol. The maximum Gasteiger partial charge on any atom is 0.290 e. The smallest absolute Gasteiger partial charge is 0.290 e. The Balaban J connectivity index is 1.75. The number of benzene rings is 2. The van der Waals surface area contributed by atoms with Crippen molar-refractivity contribution in [3.05, 3.63) is 56.4 Å². The Morgan fingerprint density at radius 1 is 1.19 bits per heavy atom. The van der Waals surface area contributed by atoms with Crippen molar-refractivity contribution >= 4 is 56.5 Å². The zero-order valence-electron chi connectivity index (χ0n) is 17.2. The van der Waals surface area contributed by atoms with Crippen molar-refractivity contribution in [1.82, 2.24) is 5.32 Å². The van der Waals surface area contributed by atoms with Gasteiger partial charge in [-0.25, -0.2) is 0 Å². The lowest BCUT2D eigenvalue weighted by Crippen LogP contribution is -2.21. The van der Waals surface area contributed by atoms with Crippen molar-refractivity contribution in [2.75, 3.05) is 18.5 Å². The molecule has 0 aliphatic carbocycles. The van der Waals surface area contributed by atoms with Gasteiger partial charge in [0.2, 0.25) is 0 Å². The van der Waals surface area contributed by atoms with E-state index in [9.17, 15) is 14.4 Å². The number of rotatable bonds is 7. The summed E-state index contributed by atoms with van der Waals surface area (Å²) in [7, 11) is 0. The largest absolute Gasteiger partial charge is 0.490 e. The van der Waals surface area contributed by atoms with E-state index >= 15 is 0 Å². The second-order valence-electron chi connectivity index (χ2n) is 6.77. The van der Waals surface area contributed by atoms with Crippen molar-refractivity contribution in [3.63, 3.8) is 0 Å². The summed E-state index contributed by atoms with van der Waals surface area (Å²) in [6, 6.07) is 9.19. The molecule has 0 unspecified atom stereocenters. The Morgan fingerprint density at radius 3 is 2.61 bits per heavy atom. The lowest BCUT2D eigenvalue weighted by Gasteiger charge is -2.15. The van der Waals surface area contributed by atoms with Gasteiger partial charge in [-0.1, -0.05) is 17.7 Å². The standard InChI is InChI=1S/C22H21BrN2O5S/c1-4-29-17-9-14(10-18-21(27)25-22(28)31-18)8-15(23)20(17)30-11-19(26)24-16-6-5-12(2)7-13(16)3/h5-10H,4,11H2,1-3H3,(H,24,26)(H,25,27,28)/b18-10-. The highest BCUT2D eigenvalue weighted by Crippen LogP contribution is 2.38. The van der Waals surface area contributed by atoms with Gasteiger partial charge < -0.3 is 14.8 Å². The van der Waals surface area contributed by atoms with Crippen LogP contribution in [0.2, 0.25) is 0 Å². The lowest BCUT2D eigenvalue weighted by molar-refractivity contribution is -0.118. The van der Waals surface area contributed by atoms with Crippen LogP contribution in [-0.4, -0.2) is 30.3 Å². The first-order chi connectivity index (χ1) is 14.8. The molecule has 3 amide bonds. The van der Waals surface area contributed by atoms with Gasteiger partial charge in [-0.15, -0.1) is 0 Å². The molecule has 0 saturated carbocycles. The second kappa shape index (κ2) is 10.0. The molecule has 1 heterocycles. The molecule has 1 aliphatic rings. The van der Waals surface area contributed by atoms with E-state index in [4.69, 9.17) is 9.47 Å². The molecule has 1 saturated heterocycles. The van der Waals surface area contributed by atoms with Gasteiger partial charge in [0.05, 0.1) is 16.0 Å². The highest BCUT2D eigenvalue weighted by atomic mass is 79.9. The average molecular weight is 505 g/mol. The molecule has 0 atom stereocenters. The predicted octanol–water partition coefficient (Wildman–Crippen LogP) is 4.81. The van der Waals surface area contributed by atoms with Crippen LogP contribution in [0, 0.1) is 13.8 Å². The maximum absolute atomic E-state index is 12.4. The fourth-order valence-corrected chi connectivity index (χ4v) is 4.18. The summed E-state index contributed by atoms with van der Waals surface area (Å²) >= 11 is 4.28. The van der Waals surface area contributed by atoms with E-state index in [1.165, 1.54) is 0 Å². The average Bonchev–Trinajstić information content (AvgIpc) is 3.00. The van der Waals surface area contributed by atoms with Gasteiger partial charge in [0.15, 0.2) is 18.1 Å². The third-order valence-corrected chi connectivity index (χ3v) is 5.67. The Labute approximate surface area is 192 Å². The van der Waals surface area contributed by atoms with Crippen molar-refractivity contribution < 1.29 is 23.9 Å². The van der Waals surface area contributed by atoms with Crippen LogP contribution in [0.15, 0.2) is 39.7 Å². The Hall–Kier alpha value is -2.78. The Kier molecular flexibility index (Phi) is 7.40. The number of anilines is 1. The molecule has 1 fully saturated rings. The van der Waals surface area contributed by atoms with Crippen LogP contribution in [0.25, 0.3) is 6.08 Å². The molecule has 3 rings (SSSR count). The molecule has 0 spiro atoms. The van der Waals surface area contributed by atoms with Gasteiger partial charge in [0.1, 0.15) is 0 Å². The number of hydrogen-bond acceptors (Lipinski definition) is 6. The van der Waals surface area contributed by atoms with E-state index in [1.54, 1.807) is 18.2 Å². The molecule has 1 aliphatic heterocycles. The summed E-state index contributed by atoms with van der Waals surface area (Å²) in [5, 5.41) is 4.65. The minimum absolute atomic E-state index is 0.209. The van der Waals surface area contributed by atoms with E-state index in [0.717, 1.165) is 28.6 Å². The molecule has 9 heteroatoms. The zero-order chi connectivity index (χ0) is 22.5. The van der Waals surface area contributed by atoms with Crippen LogP contribution in [0.4, 0.5) is 10.5 Å². The number of nitrogens with one attached hydrogen (secondary N) is 2. The molecule has 31 heavy (non-hydrogen) atoms. The summed E-state index contributed by atoms with van der Waals surface area (Å²) < 4.78 is 12.0. The van der Waals surface area contributed by atoms with Crippen molar-refractivity contribution in [2.45, 2.75) is 20.8 Å². The number of carbonyl (C=O) groups excluding carboxylic acids is 3. The molecule has 162 valence electrons. The quantitative estimate of drug-likeness (QED) is 0.525. The van der Waals surface area contributed by atoms with E-state index in [-0.39, 0.29) is 12.5 Å². The third-order valence-electron chi connectivity index (χ3n) is 4.28. The fourth-order valence-electron chi connectivity index (χ4n) is 2.92. The first-order valence-electron chi connectivity index (χ1n) is 9.48. The third kappa shape index (κ3) is 5.89. The Morgan fingerprint density at radius 2 is 1.97 bits per heavy atom. The highest BCUT2D eigenvalue weighted by molar-refractivity contribution is 9.10.